The summed E-state index contributed by atoms with van der Waals surface area (Å²) in [4.78, 5) is 12.7. The van der Waals surface area contributed by atoms with Gasteiger partial charge < -0.3 is 5.11 Å². The van der Waals surface area contributed by atoms with E-state index in [-0.39, 0.29) is 17.5 Å². The second kappa shape index (κ2) is 4.48. The van der Waals surface area contributed by atoms with Crippen LogP contribution in [0.4, 0.5) is 0 Å². The number of aromatic hydroxyl groups is 1. The third-order valence-electron chi connectivity index (χ3n) is 4.36. The van der Waals surface area contributed by atoms with Crippen molar-refractivity contribution in [2.45, 2.75) is 33.1 Å². The molecular weight excluding hydrogens is 248 g/mol. The minimum atomic E-state index is -0.155. The van der Waals surface area contributed by atoms with Crippen molar-refractivity contribution in [1.29, 1.82) is 0 Å². The number of ketones is 1. The highest BCUT2D eigenvalue weighted by Gasteiger charge is 2.36. The molecule has 0 spiro atoms. The summed E-state index contributed by atoms with van der Waals surface area (Å²) in [5.41, 5.74) is 5.62. The van der Waals surface area contributed by atoms with E-state index in [2.05, 4.69) is 0 Å². The summed E-state index contributed by atoms with van der Waals surface area (Å²) in [6, 6.07) is 9.96. The van der Waals surface area contributed by atoms with Gasteiger partial charge in [0.15, 0.2) is 5.78 Å². The largest absolute Gasteiger partial charge is 0.507 e. The Morgan fingerprint density at radius 3 is 2.45 bits per heavy atom. The van der Waals surface area contributed by atoms with E-state index < -0.39 is 0 Å². The third-order valence-corrected chi connectivity index (χ3v) is 4.36. The zero-order valence-electron chi connectivity index (χ0n) is 12.0. The van der Waals surface area contributed by atoms with Crippen molar-refractivity contribution in [3.63, 3.8) is 0 Å². The number of carbonyl (C=O) groups excluding carboxylic acids is 1. The molecule has 3 rings (SSSR count). The molecule has 1 aliphatic carbocycles. The Morgan fingerprint density at radius 2 is 1.75 bits per heavy atom. The van der Waals surface area contributed by atoms with E-state index in [4.69, 9.17) is 0 Å². The average molecular weight is 266 g/mol. The van der Waals surface area contributed by atoms with Crippen LogP contribution in [-0.4, -0.2) is 10.9 Å². The molecule has 1 N–H and O–H groups in total. The fourth-order valence-electron chi connectivity index (χ4n) is 3.25. The van der Waals surface area contributed by atoms with Crippen LogP contribution in [0.5, 0.6) is 5.75 Å². The number of carbonyl (C=O) groups is 1. The predicted molar refractivity (Wildman–Crippen MR) is 79.5 cm³/mol. The fourth-order valence-corrected chi connectivity index (χ4v) is 3.25. The van der Waals surface area contributed by atoms with Crippen LogP contribution < -0.4 is 0 Å². The van der Waals surface area contributed by atoms with Crippen LogP contribution in [-0.2, 0) is 6.42 Å². The van der Waals surface area contributed by atoms with Gasteiger partial charge in [-0.15, -0.1) is 0 Å². The van der Waals surface area contributed by atoms with Crippen molar-refractivity contribution in [2.75, 3.05) is 0 Å². The standard InChI is InChI=1S/C18H18O2/c1-10-6-4-5-7-13(10)15-9-14-11(2)8-12(3)17(19)16(14)18(15)20/h4-8,15,19H,9H2,1-3H3/t15-/m1/s1. The predicted octanol–water partition coefficient (Wildman–Crippen LogP) is 3.84. The van der Waals surface area contributed by atoms with Gasteiger partial charge in [-0.05, 0) is 55.0 Å². The van der Waals surface area contributed by atoms with Gasteiger partial charge in [-0.25, -0.2) is 0 Å². The molecule has 0 saturated carbocycles. The summed E-state index contributed by atoms with van der Waals surface area (Å²) in [5, 5.41) is 10.2. The van der Waals surface area contributed by atoms with Crippen molar-refractivity contribution in [3.8, 4) is 5.75 Å². The van der Waals surface area contributed by atoms with Gasteiger partial charge >= 0.3 is 0 Å². The van der Waals surface area contributed by atoms with Crippen molar-refractivity contribution in [3.05, 3.63) is 63.7 Å². The van der Waals surface area contributed by atoms with Crippen molar-refractivity contribution < 1.29 is 9.90 Å². The normalized spacial score (nSPS) is 17.4. The van der Waals surface area contributed by atoms with Gasteiger partial charge in [-0.2, -0.15) is 0 Å². The van der Waals surface area contributed by atoms with E-state index in [1.54, 1.807) is 0 Å². The summed E-state index contributed by atoms with van der Waals surface area (Å²) in [5.74, 6) is 0.0582. The van der Waals surface area contributed by atoms with Crippen molar-refractivity contribution in [1.82, 2.24) is 0 Å². The fraction of sp³-hybridized carbons (Fsp3) is 0.278. The van der Waals surface area contributed by atoms with E-state index in [0.29, 0.717) is 12.0 Å². The van der Waals surface area contributed by atoms with E-state index in [1.807, 2.05) is 51.1 Å². The highest BCUT2D eigenvalue weighted by atomic mass is 16.3. The van der Waals surface area contributed by atoms with Crippen molar-refractivity contribution >= 4 is 5.78 Å². The first-order chi connectivity index (χ1) is 9.50. The molecule has 2 aromatic carbocycles. The number of benzene rings is 2. The molecule has 0 bridgehead atoms. The van der Waals surface area contributed by atoms with Crippen LogP contribution in [0.1, 0.15) is 44.1 Å². The van der Waals surface area contributed by atoms with Gasteiger partial charge in [0.25, 0.3) is 0 Å². The molecule has 2 nitrogen and oxygen atoms in total. The van der Waals surface area contributed by atoms with Gasteiger partial charge in [-0.1, -0.05) is 30.3 Å². The molecule has 1 atom stereocenters. The summed E-state index contributed by atoms with van der Waals surface area (Å²) in [7, 11) is 0. The lowest BCUT2D eigenvalue weighted by atomic mass is 9.91. The maximum absolute atomic E-state index is 12.7. The first kappa shape index (κ1) is 12.9. The Hall–Kier alpha value is -2.09. The molecule has 0 fully saturated rings. The molecule has 20 heavy (non-hydrogen) atoms. The Bertz CT molecular complexity index is 714. The highest BCUT2D eigenvalue weighted by molar-refractivity contribution is 6.08. The van der Waals surface area contributed by atoms with Crippen LogP contribution in [0.15, 0.2) is 30.3 Å². The topological polar surface area (TPSA) is 37.3 Å². The zero-order chi connectivity index (χ0) is 14.4. The lowest BCUT2D eigenvalue weighted by Crippen LogP contribution is -2.08. The molecular formula is C18H18O2. The lowest BCUT2D eigenvalue weighted by molar-refractivity contribution is 0.0970. The maximum Gasteiger partial charge on any atom is 0.174 e. The lowest BCUT2D eigenvalue weighted by Gasteiger charge is -2.11. The number of hydrogen-bond acceptors (Lipinski definition) is 2. The monoisotopic (exact) mass is 266 g/mol. The SMILES string of the molecule is Cc1ccccc1[C@H]1Cc2c(C)cc(C)c(O)c2C1=O. The summed E-state index contributed by atoms with van der Waals surface area (Å²) < 4.78 is 0. The molecule has 0 heterocycles. The second-order valence-electron chi connectivity index (χ2n) is 5.69. The molecule has 0 unspecified atom stereocenters. The maximum atomic E-state index is 12.7. The Morgan fingerprint density at radius 1 is 1.05 bits per heavy atom. The smallest absolute Gasteiger partial charge is 0.174 e. The number of phenols is 1. The number of rotatable bonds is 1. The van der Waals surface area contributed by atoms with Crippen LogP contribution >= 0.6 is 0 Å². The van der Waals surface area contributed by atoms with Crippen LogP contribution in [0.2, 0.25) is 0 Å². The highest BCUT2D eigenvalue weighted by Crippen LogP contribution is 2.42. The molecule has 2 heteroatoms. The number of hydrogen-bond donors (Lipinski definition) is 1. The summed E-state index contributed by atoms with van der Waals surface area (Å²) >= 11 is 0. The van der Waals surface area contributed by atoms with Gasteiger partial charge in [0.05, 0.1) is 11.5 Å². The molecule has 2 aromatic rings. The Balaban J connectivity index is 2.15. The van der Waals surface area contributed by atoms with E-state index in [0.717, 1.165) is 27.8 Å². The number of Topliss-reactive ketones (excluding diaryl/α,β-unsaturated/α-hetero) is 1. The minimum Gasteiger partial charge on any atom is -0.507 e. The molecule has 102 valence electrons. The second-order valence-corrected chi connectivity index (χ2v) is 5.69. The first-order valence-electron chi connectivity index (χ1n) is 6.92. The Kier molecular flexibility index (Phi) is 2.89. The van der Waals surface area contributed by atoms with Gasteiger partial charge in [-0.3, -0.25) is 4.79 Å². The third kappa shape index (κ3) is 1.75. The van der Waals surface area contributed by atoms with Gasteiger partial charge in [0.1, 0.15) is 5.75 Å². The number of phenolic OH excluding ortho intramolecular Hbond substituents is 1. The zero-order valence-corrected chi connectivity index (χ0v) is 12.0. The summed E-state index contributed by atoms with van der Waals surface area (Å²) in [6.45, 7) is 5.89. The molecule has 0 radical (unpaired) electrons. The van der Waals surface area contributed by atoms with Crippen LogP contribution in [0.25, 0.3) is 0 Å². The Labute approximate surface area is 119 Å². The van der Waals surface area contributed by atoms with E-state index in [1.165, 1.54) is 0 Å². The van der Waals surface area contributed by atoms with Gasteiger partial charge in [0.2, 0.25) is 0 Å². The molecule has 1 aliphatic rings. The average Bonchev–Trinajstić information content (AvgIpc) is 2.75. The number of aryl methyl sites for hydroxylation is 3. The van der Waals surface area contributed by atoms with Crippen molar-refractivity contribution in [2.24, 2.45) is 0 Å². The van der Waals surface area contributed by atoms with E-state index in [9.17, 15) is 9.90 Å². The first-order valence-corrected chi connectivity index (χ1v) is 6.92. The summed E-state index contributed by atoms with van der Waals surface area (Å²) in [6.07, 6.45) is 0.693. The van der Waals surface area contributed by atoms with E-state index >= 15 is 0 Å². The van der Waals surface area contributed by atoms with Crippen LogP contribution in [0.3, 0.4) is 0 Å². The molecule has 0 aliphatic heterocycles. The number of fused-ring (bicyclic) bond motifs is 1. The minimum absolute atomic E-state index is 0.0543. The van der Waals surface area contributed by atoms with Gasteiger partial charge in [0, 0.05) is 0 Å². The quantitative estimate of drug-likeness (QED) is 0.851. The molecule has 0 aromatic heterocycles. The molecule has 0 amide bonds. The van der Waals surface area contributed by atoms with Crippen LogP contribution in [0, 0.1) is 20.8 Å². The molecule has 0 saturated heterocycles.